The van der Waals surface area contributed by atoms with Gasteiger partial charge in [0.25, 0.3) is 17.4 Å². The summed E-state index contributed by atoms with van der Waals surface area (Å²) in [4.78, 5) is 38.4. The highest BCUT2D eigenvalue weighted by Crippen LogP contribution is 2.45. The first-order valence-corrected chi connectivity index (χ1v) is 10.6. The van der Waals surface area contributed by atoms with E-state index in [1.165, 1.54) is 31.4 Å². The number of methoxy groups -OCH3 is 1. The minimum absolute atomic E-state index is 0.0288. The monoisotopic (exact) mass is 436 g/mol. The van der Waals surface area contributed by atoms with Crippen molar-refractivity contribution in [1.82, 2.24) is 4.90 Å². The van der Waals surface area contributed by atoms with Crippen LogP contribution in [0.15, 0.2) is 54.1 Å². The van der Waals surface area contributed by atoms with Crippen LogP contribution in [0, 0.1) is 10.1 Å². The standard InChI is InChI=1S/C24H24N2O6/c1-32-19-10-6-5-9-18(19)21-20(22(27)15-11-13-17(14-12-15)26(30)31)23(28)24(29)25(21)16-7-3-2-4-8-16/h5-6,9-14,16,21,27H,2-4,7-8H2,1H3/b22-20+. The molecule has 8 nitrogen and oxygen atoms in total. The summed E-state index contributed by atoms with van der Waals surface area (Å²) in [5.74, 6) is -1.25. The Bertz CT molecular complexity index is 1090. The normalized spacial score (nSPS) is 21.0. The number of likely N-dealkylation sites (tertiary alicyclic amines) is 1. The zero-order valence-electron chi connectivity index (χ0n) is 17.7. The number of aliphatic hydroxyl groups is 1. The smallest absolute Gasteiger partial charge is 0.295 e. The molecule has 166 valence electrons. The van der Waals surface area contributed by atoms with Gasteiger partial charge in [-0.05, 0) is 31.0 Å². The fourth-order valence-corrected chi connectivity index (χ4v) is 4.68. The molecule has 2 aromatic carbocycles. The van der Waals surface area contributed by atoms with Crippen molar-refractivity contribution in [1.29, 1.82) is 0 Å². The third-order valence-electron chi connectivity index (χ3n) is 6.23. The number of rotatable bonds is 5. The van der Waals surface area contributed by atoms with E-state index in [1.54, 1.807) is 29.2 Å². The van der Waals surface area contributed by atoms with Gasteiger partial charge in [0.15, 0.2) is 0 Å². The van der Waals surface area contributed by atoms with E-state index in [4.69, 9.17) is 4.74 Å². The lowest BCUT2D eigenvalue weighted by Gasteiger charge is -2.35. The second-order valence-electron chi connectivity index (χ2n) is 8.04. The minimum atomic E-state index is -0.801. The lowest BCUT2D eigenvalue weighted by molar-refractivity contribution is -0.384. The Morgan fingerprint density at radius 3 is 2.34 bits per heavy atom. The van der Waals surface area contributed by atoms with Crippen LogP contribution in [0.3, 0.4) is 0 Å². The first-order chi connectivity index (χ1) is 15.4. The Morgan fingerprint density at radius 2 is 1.72 bits per heavy atom. The van der Waals surface area contributed by atoms with Crippen LogP contribution >= 0.6 is 0 Å². The van der Waals surface area contributed by atoms with Gasteiger partial charge in [-0.3, -0.25) is 19.7 Å². The van der Waals surface area contributed by atoms with Crippen LogP contribution in [0.1, 0.15) is 49.3 Å². The summed E-state index contributed by atoms with van der Waals surface area (Å²) in [6.07, 6.45) is 4.60. The van der Waals surface area contributed by atoms with Crippen molar-refractivity contribution in [2.45, 2.75) is 44.2 Å². The van der Waals surface area contributed by atoms with Crippen molar-refractivity contribution < 1.29 is 24.4 Å². The number of ether oxygens (including phenoxy) is 1. The van der Waals surface area contributed by atoms with Crippen molar-refractivity contribution in [2.75, 3.05) is 7.11 Å². The third kappa shape index (κ3) is 3.72. The van der Waals surface area contributed by atoms with Gasteiger partial charge in [0.05, 0.1) is 23.6 Å². The fraction of sp³-hybridized carbons (Fsp3) is 0.333. The number of hydrogen-bond donors (Lipinski definition) is 1. The summed E-state index contributed by atoms with van der Waals surface area (Å²) < 4.78 is 5.51. The van der Waals surface area contributed by atoms with E-state index in [0.29, 0.717) is 11.3 Å². The second-order valence-corrected chi connectivity index (χ2v) is 8.04. The van der Waals surface area contributed by atoms with Crippen molar-refractivity contribution in [3.05, 3.63) is 75.3 Å². The number of nitro groups is 1. The fourth-order valence-electron chi connectivity index (χ4n) is 4.68. The number of ketones is 1. The van der Waals surface area contributed by atoms with Gasteiger partial charge in [-0.15, -0.1) is 0 Å². The number of benzene rings is 2. The average molecular weight is 436 g/mol. The number of aliphatic hydroxyl groups excluding tert-OH is 1. The van der Waals surface area contributed by atoms with Gasteiger partial charge in [-0.1, -0.05) is 37.5 Å². The molecule has 1 heterocycles. The predicted octanol–water partition coefficient (Wildman–Crippen LogP) is 4.36. The molecule has 8 heteroatoms. The summed E-state index contributed by atoms with van der Waals surface area (Å²) in [5.41, 5.74) is 0.685. The highest BCUT2D eigenvalue weighted by atomic mass is 16.6. The van der Waals surface area contributed by atoms with E-state index in [0.717, 1.165) is 32.1 Å². The Kier molecular flexibility index (Phi) is 5.94. The number of para-hydroxylation sites is 1. The third-order valence-corrected chi connectivity index (χ3v) is 6.23. The molecule has 1 atom stereocenters. The summed E-state index contributed by atoms with van der Waals surface area (Å²) in [6, 6.07) is 11.5. The topological polar surface area (TPSA) is 110 Å². The number of carbonyl (C=O) groups is 2. The van der Waals surface area contributed by atoms with E-state index in [-0.39, 0.29) is 28.6 Å². The Balaban J connectivity index is 1.88. The molecule has 0 radical (unpaired) electrons. The van der Waals surface area contributed by atoms with E-state index in [9.17, 15) is 24.8 Å². The van der Waals surface area contributed by atoms with Gasteiger partial charge in [0.1, 0.15) is 11.5 Å². The Hall–Kier alpha value is -3.68. The minimum Gasteiger partial charge on any atom is -0.507 e. The van der Waals surface area contributed by atoms with Gasteiger partial charge in [0, 0.05) is 29.3 Å². The Morgan fingerprint density at radius 1 is 1.06 bits per heavy atom. The van der Waals surface area contributed by atoms with Gasteiger partial charge in [-0.25, -0.2) is 0 Å². The van der Waals surface area contributed by atoms with Gasteiger partial charge >= 0.3 is 0 Å². The number of carbonyl (C=O) groups excluding carboxylic acids is 2. The average Bonchev–Trinajstić information content (AvgIpc) is 3.09. The maximum absolute atomic E-state index is 13.2. The SMILES string of the molecule is COc1ccccc1C1/C(=C(\O)c2ccc([N+](=O)[O-])cc2)C(=O)C(=O)N1C1CCCCC1. The number of Topliss-reactive ketones (excluding diaryl/α,β-unsaturated/α-hetero) is 1. The van der Waals surface area contributed by atoms with E-state index >= 15 is 0 Å². The second kappa shape index (κ2) is 8.82. The molecule has 1 N–H and O–H groups in total. The zero-order chi connectivity index (χ0) is 22.8. The largest absolute Gasteiger partial charge is 0.507 e. The molecule has 1 aliphatic carbocycles. The number of hydrogen-bond acceptors (Lipinski definition) is 6. The van der Waals surface area contributed by atoms with Crippen LogP contribution in [0.25, 0.3) is 5.76 Å². The lowest BCUT2D eigenvalue weighted by atomic mass is 9.90. The number of nitro benzene ring substituents is 1. The molecule has 0 aromatic heterocycles. The molecule has 0 bridgehead atoms. The van der Waals surface area contributed by atoms with Gasteiger partial charge in [0.2, 0.25) is 0 Å². The van der Waals surface area contributed by atoms with Crippen LogP contribution in [-0.4, -0.2) is 39.8 Å². The molecule has 1 amide bonds. The van der Waals surface area contributed by atoms with Crippen LogP contribution < -0.4 is 4.74 Å². The van der Waals surface area contributed by atoms with Crippen LogP contribution in [-0.2, 0) is 9.59 Å². The van der Waals surface area contributed by atoms with E-state index in [1.807, 2.05) is 0 Å². The Labute approximate surface area is 185 Å². The molecule has 4 rings (SSSR count). The highest BCUT2D eigenvalue weighted by molar-refractivity contribution is 6.46. The zero-order valence-corrected chi connectivity index (χ0v) is 17.7. The number of non-ortho nitro benzene ring substituents is 1. The first-order valence-electron chi connectivity index (χ1n) is 10.6. The molecular formula is C24H24N2O6. The van der Waals surface area contributed by atoms with E-state index < -0.39 is 22.7 Å². The van der Waals surface area contributed by atoms with Crippen molar-refractivity contribution in [2.24, 2.45) is 0 Å². The molecule has 2 aromatic rings. The van der Waals surface area contributed by atoms with Crippen LogP contribution in [0.2, 0.25) is 0 Å². The first kappa shape index (κ1) is 21.5. The molecule has 2 fully saturated rings. The molecular weight excluding hydrogens is 412 g/mol. The summed E-state index contributed by atoms with van der Waals surface area (Å²) in [5, 5.41) is 22.1. The van der Waals surface area contributed by atoms with Gasteiger partial charge in [-0.2, -0.15) is 0 Å². The van der Waals surface area contributed by atoms with Crippen LogP contribution in [0.5, 0.6) is 5.75 Å². The highest BCUT2D eigenvalue weighted by Gasteiger charge is 2.49. The van der Waals surface area contributed by atoms with Crippen molar-refractivity contribution >= 4 is 23.1 Å². The van der Waals surface area contributed by atoms with E-state index in [2.05, 4.69) is 0 Å². The molecule has 2 aliphatic rings. The maximum atomic E-state index is 13.2. The summed E-state index contributed by atoms with van der Waals surface area (Å²) in [6.45, 7) is 0. The van der Waals surface area contributed by atoms with Crippen molar-refractivity contribution in [3.8, 4) is 5.75 Å². The van der Waals surface area contributed by atoms with Crippen molar-refractivity contribution in [3.63, 3.8) is 0 Å². The number of nitrogens with zero attached hydrogens (tertiary/aromatic N) is 2. The molecule has 1 saturated heterocycles. The molecule has 32 heavy (non-hydrogen) atoms. The molecule has 1 aliphatic heterocycles. The number of amides is 1. The quantitative estimate of drug-likeness (QED) is 0.245. The van der Waals surface area contributed by atoms with Gasteiger partial charge < -0.3 is 14.7 Å². The molecule has 1 unspecified atom stereocenters. The molecule has 1 saturated carbocycles. The maximum Gasteiger partial charge on any atom is 0.295 e. The summed E-state index contributed by atoms with van der Waals surface area (Å²) >= 11 is 0. The molecule has 0 spiro atoms. The predicted molar refractivity (Wildman–Crippen MR) is 117 cm³/mol. The lowest BCUT2D eigenvalue weighted by Crippen LogP contribution is -2.40. The summed E-state index contributed by atoms with van der Waals surface area (Å²) in [7, 11) is 1.52. The van der Waals surface area contributed by atoms with Crippen LogP contribution in [0.4, 0.5) is 5.69 Å².